The molecule has 0 amide bonds. The number of methoxy groups -OCH3 is 1. The third kappa shape index (κ3) is 3.51. The quantitative estimate of drug-likeness (QED) is 0.593. The highest BCUT2D eigenvalue weighted by Crippen LogP contribution is 2.29. The highest BCUT2D eigenvalue weighted by atomic mass is 16.5. The summed E-state index contributed by atoms with van der Waals surface area (Å²) in [7, 11) is 1.63. The number of aryl methyl sites for hydroxylation is 2. The molecule has 4 heteroatoms. The summed E-state index contributed by atoms with van der Waals surface area (Å²) in [5.41, 5.74) is 3.07. The van der Waals surface area contributed by atoms with Gasteiger partial charge in [0.2, 0.25) is 0 Å². The molecule has 0 atom stereocenters. The lowest BCUT2D eigenvalue weighted by Gasteiger charge is -2.19. The Balaban J connectivity index is 2.27. The van der Waals surface area contributed by atoms with Gasteiger partial charge in [0.05, 0.1) is 13.2 Å². The van der Waals surface area contributed by atoms with Gasteiger partial charge in [-0.05, 0) is 55.9 Å². The molecule has 0 heterocycles. The van der Waals surface area contributed by atoms with Crippen molar-refractivity contribution >= 4 is 5.97 Å². The van der Waals surface area contributed by atoms with Crippen LogP contribution in [0.15, 0.2) is 12.1 Å². The van der Waals surface area contributed by atoms with Gasteiger partial charge in [0.15, 0.2) is 0 Å². The van der Waals surface area contributed by atoms with E-state index in [1.165, 1.54) is 24.0 Å². The smallest absolute Gasteiger partial charge is 0.341 e. The molecule has 1 aliphatic carbocycles. The molecule has 0 aliphatic heterocycles. The Morgan fingerprint density at radius 1 is 1.15 bits per heavy atom. The lowest BCUT2D eigenvalue weighted by atomic mass is 9.90. The van der Waals surface area contributed by atoms with Gasteiger partial charge in [-0.3, -0.25) is 0 Å². The van der Waals surface area contributed by atoms with Gasteiger partial charge in [0, 0.05) is 7.11 Å². The molecule has 0 saturated carbocycles. The molecule has 0 N–H and O–H groups in total. The first-order valence-corrected chi connectivity index (χ1v) is 7.21. The predicted molar refractivity (Wildman–Crippen MR) is 76.4 cm³/mol. The zero-order valence-electron chi connectivity index (χ0n) is 12.2. The maximum Gasteiger partial charge on any atom is 0.341 e. The molecule has 1 aromatic carbocycles. The Kier molecular flexibility index (Phi) is 5.41. The number of esters is 1. The van der Waals surface area contributed by atoms with Gasteiger partial charge in [-0.1, -0.05) is 0 Å². The highest BCUT2D eigenvalue weighted by Gasteiger charge is 2.19. The number of hydrogen-bond donors (Lipinski definition) is 0. The molecular weight excluding hydrogens is 256 g/mol. The lowest BCUT2D eigenvalue weighted by Crippen LogP contribution is -2.13. The van der Waals surface area contributed by atoms with Crippen molar-refractivity contribution in [3.63, 3.8) is 0 Å². The van der Waals surface area contributed by atoms with Gasteiger partial charge in [0.1, 0.15) is 17.9 Å². The fourth-order valence-corrected chi connectivity index (χ4v) is 2.49. The first kappa shape index (κ1) is 14.9. The minimum Gasteiger partial charge on any atom is -0.490 e. The second-order valence-corrected chi connectivity index (χ2v) is 4.89. The number of carbonyl (C=O) groups excluding carboxylic acids is 1. The number of hydrogen-bond acceptors (Lipinski definition) is 4. The van der Waals surface area contributed by atoms with E-state index in [0.717, 1.165) is 12.8 Å². The molecular formula is C16H22O4. The summed E-state index contributed by atoms with van der Waals surface area (Å²) in [6, 6.07) is 3.94. The minimum absolute atomic E-state index is 0.312. The van der Waals surface area contributed by atoms with Crippen LogP contribution in [0.2, 0.25) is 0 Å². The normalized spacial score (nSPS) is 13.7. The number of fused-ring (bicyclic) bond motifs is 1. The van der Waals surface area contributed by atoms with Crippen molar-refractivity contribution in [1.29, 1.82) is 0 Å². The van der Waals surface area contributed by atoms with Crippen molar-refractivity contribution in [3.05, 3.63) is 28.8 Å². The first-order chi connectivity index (χ1) is 9.76. The van der Waals surface area contributed by atoms with E-state index in [-0.39, 0.29) is 5.97 Å². The second kappa shape index (κ2) is 7.29. The van der Waals surface area contributed by atoms with Gasteiger partial charge >= 0.3 is 5.97 Å². The van der Waals surface area contributed by atoms with E-state index in [4.69, 9.17) is 14.2 Å². The van der Waals surface area contributed by atoms with Crippen molar-refractivity contribution < 1.29 is 19.0 Å². The molecule has 0 fully saturated rings. The average molecular weight is 278 g/mol. The summed E-state index contributed by atoms with van der Waals surface area (Å²) in [5.74, 6) is 0.300. The minimum atomic E-state index is -0.312. The van der Waals surface area contributed by atoms with Gasteiger partial charge in [-0.15, -0.1) is 0 Å². The number of benzene rings is 1. The van der Waals surface area contributed by atoms with Crippen molar-refractivity contribution in [2.45, 2.75) is 32.6 Å². The van der Waals surface area contributed by atoms with Crippen molar-refractivity contribution in [1.82, 2.24) is 0 Å². The van der Waals surface area contributed by atoms with Crippen molar-refractivity contribution in [3.8, 4) is 5.75 Å². The van der Waals surface area contributed by atoms with E-state index >= 15 is 0 Å². The van der Waals surface area contributed by atoms with Crippen LogP contribution in [0.3, 0.4) is 0 Å². The van der Waals surface area contributed by atoms with Crippen LogP contribution < -0.4 is 4.74 Å². The van der Waals surface area contributed by atoms with Gasteiger partial charge in [-0.2, -0.15) is 0 Å². The Labute approximate surface area is 120 Å². The van der Waals surface area contributed by atoms with E-state index in [0.29, 0.717) is 31.1 Å². The van der Waals surface area contributed by atoms with E-state index in [1.54, 1.807) is 7.11 Å². The summed E-state index contributed by atoms with van der Waals surface area (Å²) in [6.45, 7) is 3.11. The van der Waals surface area contributed by atoms with Crippen LogP contribution in [-0.4, -0.2) is 32.9 Å². The largest absolute Gasteiger partial charge is 0.490 e. The van der Waals surface area contributed by atoms with Gasteiger partial charge in [-0.25, -0.2) is 4.79 Å². The fraction of sp³-hybridized carbons (Fsp3) is 0.562. The summed E-state index contributed by atoms with van der Waals surface area (Å²) in [6.07, 6.45) is 4.46. The van der Waals surface area contributed by atoms with E-state index in [1.807, 2.05) is 19.1 Å². The van der Waals surface area contributed by atoms with Crippen LogP contribution in [0, 0.1) is 0 Å². The van der Waals surface area contributed by atoms with Crippen LogP contribution in [0.1, 0.15) is 41.3 Å². The van der Waals surface area contributed by atoms with E-state index in [9.17, 15) is 4.79 Å². The number of carbonyl (C=O) groups is 1. The van der Waals surface area contributed by atoms with E-state index in [2.05, 4.69) is 0 Å². The standard InChI is InChI=1S/C16H22O4/c1-3-19-16(17)14-10-12-6-4-5-7-13(12)11-15(14)20-9-8-18-2/h10-11H,3-9H2,1-2H3. The van der Waals surface area contributed by atoms with E-state index < -0.39 is 0 Å². The van der Waals surface area contributed by atoms with Crippen molar-refractivity contribution in [2.24, 2.45) is 0 Å². The molecule has 0 unspecified atom stereocenters. The molecule has 1 aliphatic rings. The summed E-state index contributed by atoms with van der Waals surface area (Å²) < 4.78 is 15.8. The molecule has 2 rings (SSSR count). The average Bonchev–Trinajstić information content (AvgIpc) is 2.47. The zero-order chi connectivity index (χ0) is 14.4. The number of ether oxygens (including phenoxy) is 3. The van der Waals surface area contributed by atoms with Crippen LogP contribution in [0.25, 0.3) is 0 Å². The highest BCUT2D eigenvalue weighted by molar-refractivity contribution is 5.93. The fourth-order valence-electron chi connectivity index (χ4n) is 2.49. The Hall–Kier alpha value is -1.55. The Morgan fingerprint density at radius 2 is 1.85 bits per heavy atom. The predicted octanol–water partition coefficient (Wildman–Crippen LogP) is 2.77. The maximum atomic E-state index is 12.1. The first-order valence-electron chi connectivity index (χ1n) is 7.21. The number of rotatable bonds is 6. The molecule has 0 radical (unpaired) electrons. The van der Waals surface area contributed by atoms with Crippen molar-refractivity contribution in [2.75, 3.05) is 26.9 Å². The summed E-state index contributed by atoms with van der Waals surface area (Å²) >= 11 is 0. The van der Waals surface area contributed by atoms with Gasteiger partial charge in [0.25, 0.3) is 0 Å². The maximum absolute atomic E-state index is 12.1. The molecule has 0 aromatic heterocycles. The summed E-state index contributed by atoms with van der Waals surface area (Å²) in [5, 5.41) is 0. The SMILES string of the molecule is CCOC(=O)c1cc2c(cc1OCCOC)CCCC2. The van der Waals surface area contributed by atoms with Gasteiger partial charge < -0.3 is 14.2 Å². The van der Waals surface area contributed by atoms with Crippen LogP contribution in [-0.2, 0) is 22.3 Å². The topological polar surface area (TPSA) is 44.8 Å². The molecule has 1 aromatic rings. The molecule has 110 valence electrons. The third-order valence-electron chi connectivity index (χ3n) is 3.48. The van der Waals surface area contributed by atoms with Crippen LogP contribution in [0.4, 0.5) is 0 Å². The summed E-state index contributed by atoms with van der Waals surface area (Å²) in [4.78, 5) is 12.1. The monoisotopic (exact) mass is 278 g/mol. The molecule has 4 nitrogen and oxygen atoms in total. The molecule has 0 saturated heterocycles. The molecule has 20 heavy (non-hydrogen) atoms. The molecule has 0 bridgehead atoms. The van der Waals surface area contributed by atoms with Crippen LogP contribution >= 0.6 is 0 Å². The Morgan fingerprint density at radius 3 is 2.50 bits per heavy atom. The zero-order valence-corrected chi connectivity index (χ0v) is 12.2. The Bertz CT molecular complexity index is 468. The van der Waals surface area contributed by atoms with Crippen LogP contribution in [0.5, 0.6) is 5.75 Å². The lowest BCUT2D eigenvalue weighted by molar-refractivity contribution is 0.0519. The third-order valence-corrected chi connectivity index (χ3v) is 3.48. The second-order valence-electron chi connectivity index (χ2n) is 4.89. The molecule has 0 spiro atoms.